The van der Waals surface area contributed by atoms with Gasteiger partial charge in [0.1, 0.15) is 22.7 Å². The van der Waals surface area contributed by atoms with Gasteiger partial charge < -0.3 is 14.6 Å². The van der Waals surface area contributed by atoms with Gasteiger partial charge >= 0.3 is 0 Å². The van der Waals surface area contributed by atoms with Crippen LogP contribution in [-0.2, 0) is 13.0 Å². The number of allylic oxidation sites excluding steroid dienone is 1. The minimum Gasteiger partial charge on any atom is -0.439 e. The summed E-state index contributed by atoms with van der Waals surface area (Å²) >= 11 is 0. The first-order chi connectivity index (χ1) is 11.7. The van der Waals surface area contributed by atoms with Crippen molar-refractivity contribution in [1.29, 1.82) is 5.26 Å². The van der Waals surface area contributed by atoms with Crippen LogP contribution in [0, 0.1) is 11.3 Å². The van der Waals surface area contributed by atoms with E-state index >= 15 is 0 Å². The molecule has 4 heterocycles. The fourth-order valence-corrected chi connectivity index (χ4v) is 2.96. The van der Waals surface area contributed by atoms with E-state index in [2.05, 4.69) is 26.3 Å². The Morgan fingerprint density at radius 2 is 2.33 bits per heavy atom. The zero-order valence-electron chi connectivity index (χ0n) is 13.4. The van der Waals surface area contributed by atoms with Gasteiger partial charge in [0.15, 0.2) is 0 Å². The largest absolute Gasteiger partial charge is 0.439 e. The zero-order chi connectivity index (χ0) is 16.6. The third-order valence-electron chi connectivity index (χ3n) is 4.28. The summed E-state index contributed by atoms with van der Waals surface area (Å²) in [5, 5.41) is 12.4. The molecular weight excluding hydrogens is 302 g/mol. The first kappa shape index (κ1) is 14.5. The average Bonchev–Trinajstić information content (AvgIpc) is 3.06. The molecule has 0 spiro atoms. The number of aromatic nitrogens is 2. The number of fused-ring (bicyclic) bond motifs is 1. The number of nitriles is 1. The molecule has 2 aliphatic heterocycles. The molecule has 0 amide bonds. The van der Waals surface area contributed by atoms with Gasteiger partial charge in [0.25, 0.3) is 0 Å². The van der Waals surface area contributed by atoms with Gasteiger partial charge in [0, 0.05) is 24.9 Å². The smallest absolute Gasteiger partial charge is 0.245 e. The van der Waals surface area contributed by atoms with Crippen LogP contribution in [0.25, 0.3) is 11.6 Å². The molecule has 1 atom stereocenters. The second-order valence-electron chi connectivity index (χ2n) is 6.14. The number of hydrogen-bond acceptors (Lipinski definition) is 6. The standard InChI is InChI=1S/C18H17N5O/c1-18(12-19)10-13(5-8-21-18)23-9-6-16-15(11-23)22-17(24-16)14-4-2-3-7-20-14/h2-5,7-8,10,21H,6,9,11H2,1H3. The minimum atomic E-state index is -0.673. The van der Waals surface area contributed by atoms with Gasteiger partial charge in [-0.2, -0.15) is 5.26 Å². The topological polar surface area (TPSA) is 78.0 Å². The Balaban J connectivity index is 1.60. The molecule has 1 unspecified atom stereocenters. The molecule has 4 rings (SSSR count). The lowest BCUT2D eigenvalue weighted by molar-refractivity contribution is 0.304. The van der Waals surface area contributed by atoms with Crippen LogP contribution in [0.4, 0.5) is 0 Å². The summed E-state index contributed by atoms with van der Waals surface area (Å²) in [4.78, 5) is 11.1. The van der Waals surface area contributed by atoms with E-state index in [1.54, 1.807) is 6.20 Å². The molecule has 2 aliphatic rings. The maximum Gasteiger partial charge on any atom is 0.245 e. The van der Waals surface area contributed by atoms with Crippen LogP contribution in [0.2, 0.25) is 0 Å². The number of dihydropyridines is 1. The predicted molar refractivity (Wildman–Crippen MR) is 88.2 cm³/mol. The van der Waals surface area contributed by atoms with E-state index in [0.29, 0.717) is 12.4 Å². The molecule has 0 saturated heterocycles. The van der Waals surface area contributed by atoms with E-state index in [0.717, 1.165) is 35.8 Å². The van der Waals surface area contributed by atoms with Crippen molar-refractivity contribution in [3.8, 4) is 17.7 Å². The lowest BCUT2D eigenvalue weighted by Crippen LogP contribution is -2.40. The highest BCUT2D eigenvalue weighted by molar-refractivity contribution is 5.47. The molecule has 24 heavy (non-hydrogen) atoms. The normalized spacial score (nSPS) is 22.3. The monoisotopic (exact) mass is 319 g/mol. The van der Waals surface area contributed by atoms with Crippen molar-refractivity contribution in [3.63, 3.8) is 0 Å². The predicted octanol–water partition coefficient (Wildman–Crippen LogP) is 2.38. The molecular formula is C18H17N5O. The SMILES string of the molecule is CC1(C#N)C=C(N2CCc3oc(-c4ccccn4)nc3C2)C=CN1. The Morgan fingerprint density at radius 3 is 3.12 bits per heavy atom. The van der Waals surface area contributed by atoms with Crippen molar-refractivity contribution < 1.29 is 4.42 Å². The first-order valence-electron chi connectivity index (χ1n) is 7.90. The van der Waals surface area contributed by atoms with E-state index in [1.807, 2.05) is 43.5 Å². The Bertz CT molecular complexity index is 861. The van der Waals surface area contributed by atoms with Crippen molar-refractivity contribution in [2.75, 3.05) is 6.54 Å². The fourth-order valence-electron chi connectivity index (χ4n) is 2.96. The second kappa shape index (κ2) is 5.53. The molecule has 2 aromatic rings. The lowest BCUT2D eigenvalue weighted by Gasteiger charge is -2.32. The van der Waals surface area contributed by atoms with E-state index in [1.165, 1.54) is 0 Å². The van der Waals surface area contributed by atoms with Crippen LogP contribution in [0.1, 0.15) is 18.4 Å². The highest BCUT2D eigenvalue weighted by Gasteiger charge is 2.28. The minimum absolute atomic E-state index is 0.569. The Hall–Kier alpha value is -3.07. The van der Waals surface area contributed by atoms with Crippen molar-refractivity contribution in [1.82, 2.24) is 20.2 Å². The van der Waals surface area contributed by atoms with Crippen LogP contribution >= 0.6 is 0 Å². The summed E-state index contributed by atoms with van der Waals surface area (Å²) in [6.45, 7) is 3.37. The van der Waals surface area contributed by atoms with Crippen LogP contribution < -0.4 is 5.32 Å². The quantitative estimate of drug-likeness (QED) is 0.915. The van der Waals surface area contributed by atoms with Crippen molar-refractivity contribution in [2.45, 2.75) is 25.4 Å². The second-order valence-corrected chi connectivity index (χ2v) is 6.14. The maximum absolute atomic E-state index is 9.31. The lowest BCUT2D eigenvalue weighted by atomic mass is 9.99. The number of pyridine rings is 1. The molecule has 2 aromatic heterocycles. The number of hydrogen-bond donors (Lipinski definition) is 1. The van der Waals surface area contributed by atoms with Crippen LogP contribution in [0.5, 0.6) is 0 Å². The molecule has 0 radical (unpaired) electrons. The van der Waals surface area contributed by atoms with Crippen LogP contribution in [-0.4, -0.2) is 27.0 Å². The molecule has 1 N–H and O–H groups in total. The summed E-state index contributed by atoms with van der Waals surface area (Å²) in [5.41, 5.74) is 2.04. The molecule has 6 heteroatoms. The fraction of sp³-hybridized carbons (Fsp3) is 0.278. The number of nitrogens with one attached hydrogen (secondary N) is 1. The van der Waals surface area contributed by atoms with Gasteiger partial charge in [-0.1, -0.05) is 6.07 Å². The summed E-state index contributed by atoms with van der Waals surface area (Å²) < 4.78 is 5.89. The number of rotatable bonds is 2. The van der Waals surface area contributed by atoms with E-state index in [9.17, 15) is 5.26 Å². The average molecular weight is 319 g/mol. The highest BCUT2D eigenvalue weighted by Crippen LogP contribution is 2.28. The first-order valence-corrected chi connectivity index (χ1v) is 7.90. The van der Waals surface area contributed by atoms with Crippen molar-refractivity contribution >= 4 is 0 Å². The summed E-state index contributed by atoms with van der Waals surface area (Å²) in [5.74, 6) is 1.49. The molecule has 6 nitrogen and oxygen atoms in total. The molecule has 0 aromatic carbocycles. The molecule has 0 aliphatic carbocycles. The highest BCUT2D eigenvalue weighted by atomic mass is 16.4. The van der Waals surface area contributed by atoms with E-state index in [-0.39, 0.29) is 0 Å². The summed E-state index contributed by atoms with van der Waals surface area (Å²) in [6, 6.07) is 7.97. The van der Waals surface area contributed by atoms with Gasteiger partial charge in [-0.05, 0) is 37.4 Å². The molecule has 0 fully saturated rings. The summed E-state index contributed by atoms with van der Waals surface area (Å²) in [6.07, 6.45) is 8.30. The van der Waals surface area contributed by atoms with Crippen LogP contribution in [0.15, 0.2) is 52.9 Å². The third-order valence-corrected chi connectivity index (χ3v) is 4.28. The van der Waals surface area contributed by atoms with Crippen molar-refractivity contribution in [2.24, 2.45) is 0 Å². The van der Waals surface area contributed by atoms with Crippen LogP contribution in [0.3, 0.4) is 0 Å². The molecule has 0 saturated carbocycles. The number of nitrogens with zero attached hydrogens (tertiary/aromatic N) is 4. The Kier molecular flexibility index (Phi) is 3.35. The number of oxazole rings is 1. The molecule has 120 valence electrons. The Labute approximate surface area is 140 Å². The van der Waals surface area contributed by atoms with Crippen molar-refractivity contribution in [3.05, 3.63) is 59.9 Å². The Morgan fingerprint density at radius 1 is 1.42 bits per heavy atom. The summed E-state index contributed by atoms with van der Waals surface area (Å²) in [7, 11) is 0. The van der Waals surface area contributed by atoms with Gasteiger partial charge in [-0.25, -0.2) is 4.98 Å². The van der Waals surface area contributed by atoms with E-state index in [4.69, 9.17) is 4.42 Å². The van der Waals surface area contributed by atoms with Gasteiger partial charge in [-0.15, -0.1) is 0 Å². The van der Waals surface area contributed by atoms with Gasteiger partial charge in [-0.3, -0.25) is 4.98 Å². The van der Waals surface area contributed by atoms with E-state index < -0.39 is 5.54 Å². The van der Waals surface area contributed by atoms with Gasteiger partial charge in [0.05, 0.1) is 12.6 Å². The zero-order valence-corrected chi connectivity index (χ0v) is 13.4. The molecule has 0 bridgehead atoms. The third kappa shape index (κ3) is 2.54. The maximum atomic E-state index is 9.31. The van der Waals surface area contributed by atoms with Gasteiger partial charge in [0.2, 0.25) is 5.89 Å².